The average molecular weight is 310 g/mol. The van der Waals surface area contributed by atoms with Crippen molar-refractivity contribution in [1.82, 2.24) is 10.2 Å². The number of carbonyl (C=O) groups excluding carboxylic acids is 1. The number of piperidine rings is 1. The Morgan fingerprint density at radius 1 is 1.30 bits per heavy atom. The number of anilines is 1. The lowest BCUT2D eigenvalue weighted by Crippen LogP contribution is -2.38. The average Bonchev–Trinajstić information content (AvgIpc) is 2.80. The summed E-state index contributed by atoms with van der Waals surface area (Å²) in [7, 11) is 0. The van der Waals surface area contributed by atoms with Crippen LogP contribution in [0.15, 0.2) is 36.7 Å². The van der Waals surface area contributed by atoms with Gasteiger partial charge in [0.25, 0.3) is 5.91 Å². The van der Waals surface area contributed by atoms with Crippen LogP contribution in [-0.4, -0.2) is 36.5 Å². The molecule has 2 heterocycles. The topological polar surface area (TPSA) is 59.4 Å². The molecule has 1 unspecified atom stereocenters. The summed E-state index contributed by atoms with van der Waals surface area (Å²) in [4.78, 5) is 16.5. The van der Waals surface area contributed by atoms with Gasteiger partial charge in [-0.2, -0.15) is 5.26 Å². The smallest absolute Gasteiger partial charge is 0.255 e. The lowest BCUT2D eigenvalue weighted by atomic mass is 9.97. The molecule has 1 aromatic carbocycles. The molecule has 0 bridgehead atoms. The lowest BCUT2D eigenvalue weighted by molar-refractivity contribution is -0.119. The number of nitrogens with one attached hydrogen (secondary N) is 1. The van der Waals surface area contributed by atoms with Gasteiger partial charge in [0, 0.05) is 6.54 Å². The van der Waals surface area contributed by atoms with Gasteiger partial charge in [-0.3, -0.25) is 9.69 Å². The highest BCUT2D eigenvalue weighted by molar-refractivity contribution is 6.02. The standard InChI is InChI=1S/C18H22N4O/c1-13-18(23)22(17-5-3-15(11-19)4-6-17)14(2)21(13)12-16-7-9-20-10-8-16/h3-6,13,16,20H,2,7-10,12H2,1H3. The number of nitriles is 1. The van der Waals surface area contributed by atoms with Gasteiger partial charge in [0.1, 0.15) is 11.9 Å². The van der Waals surface area contributed by atoms with Crippen molar-refractivity contribution in [2.75, 3.05) is 24.5 Å². The van der Waals surface area contributed by atoms with Crippen molar-refractivity contribution < 1.29 is 4.79 Å². The van der Waals surface area contributed by atoms with Gasteiger partial charge in [0.15, 0.2) is 0 Å². The van der Waals surface area contributed by atoms with Crippen molar-refractivity contribution in [1.29, 1.82) is 5.26 Å². The summed E-state index contributed by atoms with van der Waals surface area (Å²) in [5.41, 5.74) is 1.37. The summed E-state index contributed by atoms with van der Waals surface area (Å²) in [6, 6.07) is 8.99. The Kier molecular flexibility index (Phi) is 4.35. The molecule has 5 heteroatoms. The van der Waals surface area contributed by atoms with Gasteiger partial charge < -0.3 is 10.2 Å². The van der Waals surface area contributed by atoms with E-state index in [1.807, 2.05) is 19.1 Å². The number of benzene rings is 1. The van der Waals surface area contributed by atoms with Crippen molar-refractivity contribution in [3.8, 4) is 6.07 Å². The van der Waals surface area contributed by atoms with E-state index in [9.17, 15) is 4.79 Å². The highest BCUT2D eigenvalue weighted by Gasteiger charge is 2.39. The third-order valence-corrected chi connectivity index (χ3v) is 4.80. The molecule has 1 aromatic rings. The van der Waals surface area contributed by atoms with Crippen molar-refractivity contribution in [2.24, 2.45) is 5.92 Å². The molecule has 1 N–H and O–H groups in total. The minimum absolute atomic E-state index is 0.0497. The Balaban J connectivity index is 1.78. The second-order valence-electron chi connectivity index (χ2n) is 6.27. The normalized spacial score (nSPS) is 22.5. The maximum absolute atomic E-state index is 12.7. The van der Waals surface area contributed by atoms with Crippen LogP contribution in [-0.2, 0) is 4.79 Å². The van der Waals surface area contributed by atoms with Crippen LogP contribution in [0.5, 0.6) is 0 Å². The van der Waals surface area contributed by atoms with E-state index in [4.69, 9.17) is 5.26 Å². The summed E-state index contributed by atoms with van der Waals surface area (Å²) in [6.07, 6.45) is 2.28. The fourth-order valence-corrected chi connectivity index (χ4v) is 3.37. The minimum Gasteiger partial charge on any atom is -0.346 e. The number of nitrogens with zero attached hydrogens (tertiary/aromatic N) is 3. The maximum atomic E-state index is 12.7. The largest absolute Gasteiger partial charge is 0.346 e. The molecule has 2 aliphatic heterocycles. The summed E-state index contributed by atoms with van der Waals surface area (Å²) in [5, 5.41) is 12.3. The molecule has 0 radical (unpaired) electrons. The van der Waals surface area contributed by atoms with Crippen LogP contribution in [0.3, 0.4) is 0 Å². The molecular weight excluding hydrogens is 288 g/mol. The number of rotatable bonds is 3. The number of carbonyl (C=O) groups is 1. The van der Waals surface area contributed by atoms with Gasteiger partial charge in [-0.25, -0.2) is 0 Å². The molecule has 120 valence electrons. The van der Waals surface area contributed by atoms with Gasteiger partial charge in [0.2, 0.25) is 0 Å². The van der Waals surface area contributed by atoms with E-state index in [2.05, 4.69) is 22.9 Å². The fraction of sp³-hybridized carbons (Fsp3) is 0.444. The summed E-state index contributed by atoms with van der Waals surface area (Å²) < 4.78 is 0. The maximum Gasteiger partial charge on any atom is 0.255 e. The van der Waals surface area contributed by atoms with Crippen molar-refractivity contribution in [3.63, 3.8) is 0 Å². The molecule has 0 saturated carbocycles. The van der Waals surface area contributed by atoms with Gasteiger partial charge in [0.05, 0.1) is 17.3 Å². The lowest BCUT2D eigenvalue weighted by Gasteiger charge is -2.31. The molecule has 3 rings (SSSR count). The SMILES string of the molecule is C=C1N(c2ccc(C#N)cc2)C(=O)C(C)N1CC1CCNCC1. The Bertz CT molecular complexity index is 640. The van der Waals surface area contributed by atoms with E-state index in [-0.39, 0.29) is 11.9 Å². The first-order chi connectivity index (χ1) is 11.1. The monoisotopic (exact) mass is 310 g/mol. The zero-order chi connectivity index (χ0) is 16.4. The Morgan fingerprint density at radius 2 is 1.96 bits per heavy atom. The van der Waals surface area contributed by atoms with Crippen molar-refractivity contribution in [2.45, 2.75) is 25.8 Å². The van der Waals surface area contributed by atoms with E-state index in [0.717, 1.165) is 44.0 Å². The Morgan fingerprint density at radius 3 is 2.57 bits per heavy atom. The van der Waals surface area contributed by atoms with Crippen molar-refractivity contribution in [3.05, 3.63) is 42.2 Å². The predicted molar refractivity (Wildman–Crippen MR) is 89.5 cm³/mol. The van der Waals surface area contributed by atoms with Crippen LogP contribution < -0.4 is 10.2 Å². The van der Waals surface area contributed by atoms with Gasteiger partial charge in [-0.15, -0.1) is 0 Å². The number of hydrogen-bond acceptors (Lipinski definition) is 4. The molecule has 2 fully saturated rings. The van der Waals surface area contributed by atoms with E-state index in [1.165, 1.54) is 0 Å². The molecular formula is C18H22N4O. The van der Waals surface area contributed by atoms with E-state index < -0.39 is 0 Å². The van der Waals surface area contributed by atoms with E-state index in [1.54, 1.807) is 17.0 Å². The minimum atomic E-state index is -0.187. The van der Waals surface area contributed by atoms with E-state index >= 15 is 0 Å². The molecule has 0 aromatic heterocycles. The summed E-state index contributed by atoms with van der Waals surface area (Å²) in [5.74, 6) is 1.39. The number of hydrogen-bond donors (Lipinski definition) is 1. The second kappa shape index (κ2) is 6.43. The van der Waals surface area contributed by atoms with E-state index in [0.29, 0.717) is 11.5 Å². The van der Waals surface area contributed by atoms with Crippen LogP contribution in [0.25, 0.3) is 0 Å². The first-order valence-electron chi connectivity index (χ1n) is 8.12. The van der Waals surface area contributed by atoms with Crippen molar-refractivity contribution >= 4 is 11.6 Å². The third-order valence-electron chi connectivity index (χ3n) is 4.80. The molecule has 0 spiro atoms. The van der Waals surface area contributed by atoms with Crippen LogP contribution in [0.1, 0.15) is 25.3 Å². The zero-order valence-corrected chi connectivity index (χ0v) is 13.5. The third kappa shape index (κ3) is 2.95. The fourth-order valence-electron chi connectivity index (χ4n) is 3.37. The van der Waals surface area contributed by atoms with Crippen LogP contribution in [0, 0.1) is 17.2 Å². The summed E-state index contributed by atoms with van der Waals surface area (Å²) >= 11 is 0. The molecule has 1 amide bonds. The Labute approximate surface area is 137 Å². The molecule has 23 heavy (non-hydrogen) atoms. The first-order valence-corrected chi connectivity index (χ1v) is 8.12. The van der Waals surface area contributed by atoms with Crippen LogP contribution in [0.4, 0.5) is 5.69 Å². The van der Waals surface area contributed by atoms with Gasteiger partial charge in [-0.1, -0.05) is 6.58 Å². The predicted octanol–water partition coefficient (Wildman–Crippen LogP) is 2.07. The highest BCUT2D eigenvalue weighted by Crippen LogP contribution is 2.31. The van der Waals surface area contributed by atoms with Crippen LogP contribution >= 0.6 is 0 Å². The zero-order valence-electron chi connectivity index (χ0n) is 13.5. The molecule has 5 nitrogen and oxygen atoms in total. The highest BCUT2D eigenvalue weighted by atomic mass is 16.2. The summed E-state index contributed by atoms with van der Waals surface area (Å²) in [6.45, 7) is 9.07. The number of amides is 1. The van der Waals surface area contributed by atoms with Gasteiger partial charge >= 0.3 is 0 Å². The molecule has 1 atom stereocenters. The quantitative estimate of drug-likeness (QED) is 0.928. The first kappa shape index (κ1) is 15.6. The molecule has 2 aliphatic rings. The van der Waals surface area contributed by atoms with Crippen LogP contribution in [0.2, 0.25) is 0 Å². The molecule has 0 aliphatic carbocycles. The Hall–Kier alpha value is -2.32. The second-order valence-corrected chi connectivity index (χ2v) is 6.27. The van der Waals surface area contributed by atoms with Gasteiger partial charge in [-0.05, 0) is 63.0 Å². The molecule has 2 saturated heterocycles.